The van der Waals surface area contributed by atoms with Gasteiger partial charge < -0.3 is 19.9 Å². The first-order chi connectivity index (χ1) is 16.3. The molecule has 2 amide bonds. The fourth-order valence-electron chi connectivity index (χ4n) is 5.31. The van der Waals surface area contributed by atoms with Crippen molar-refractivity contribution in [3.8, 4) is 0 Å². The van der Waals surface area contributed by atoms with Gasteiger partial charge in [0.2, 0.25) is 11.8 Å². The topological polar surface area (TPSA) is 94.7 Å². The van der Waals surface area contributed by atoms with Crippen molar-refractivity contribution in [2.75, 3.05) is 39.3 Å². The number of hydrogen-bond donors (Lipinski definition) is 2. The molecule has 1 aromatic heterocycles. The molecule has 0 spiro atoms. The maximum atomic E-state index is 12.8. The van der Waals surface area contributed by atoms with Crippen LogP contribution in [0.15, 0.2) is 0 Å². The standard InChI is InChI=1S/C26H42N4O4/c1-5-34-26(33)24-19(3)22(20(4)28-24)9-10-23(31)30-15-11-21(12-16-30)25(32)27-13-17-29-14-7-6-8-18(29)2/h18,21,28H,5-17H2,1-4H3,(H,27,32). The summed E-state index contributed by atoms with van der Waals surface area (Å²) in [4.78, 5) is 45.0. The Hall–Kier alpha value is -2.35. The lowest BCUT2D eigenvalue weighted by atomic mass is 9.95. The predicted octanol–water partition coefficient (Wildman–Crippen LogP) is 2.97. The zero-order valence-electron chi connectivity index (χ0n) is 21.4. The van der Waals surface area contributed by atoms with Gasteiger partial charge in [-0.3, -0.25) is 14.5 Å². The molecule has 1 aromatic rings. The number of ether oxygens (including phenoxy) is 1. The molecule has 190 valence electrons. The molecule has 0 aromatic carbocycles. The molecule has 2 N–H and O–H groups in total. The average Bonchev–Trinajstić information content (AvgIpc) is 3.12. The molecule has 2 aliphatic heterocycles. The minimum absolute atomic E-state index is 0.0101. The van der Waals surface area contributed by atoms with Gasteiger partial charge in [-0.05, 0) is 77.5 Å². The molecule has 8 nitrogen and oxygen atoms in total. The quantitative estimate of drug-likeness (QED) is 0.537. The maximum absolute atomic E-state index is 12.8. The van der Waals surface area contributed by atoms with Crippen molar-refractivity contribution in [1.29, 1.82) is 0 Å². The highest BCUT2D eigenvalue weighted by atomic mass is 16.5. The molecule has 0 saturated carbocycles. The Morgan fingerprint density at radius 2 is 1.82 bits per heavy atom. The summed E-state index contributed by atoms with van der Waals surface area (Å²) in [6, 6.07) is 0.607. The molecule has 3 rings (SSSR count). The lowest BCUT2D eigenvalue weighted by molar-refractivity contribution is -0.135. The number of nitrogens with one attached hydrogen (secondary N) is 2. The van der Waals surface area contributed by atoms with Crippen molar-refractivity contribution in [3.05, 3.63) is 22.5 Å². The average molecular weight is 475 g/mol. The highest BCUT2D eigenvalue weighted by molar-refractivity contribution is 5.90. The largest absolute Gasteiger partial charge is 0.461 e. The van der Waals surface area contributed by atoms with Crippen molar-refractivity contribution in [3.63, 3.8) is 0 Å². The molecule has 3 heterocycles. The van der Waals surface area contributed by atoms with Crippen LogP contribution in [0.4, 0.5) is 0 Å². The number of likely N-dealkylation sites (tertiary alicyclic amines) is 2. The number of carbonyl (C=O) groups excluding carboxylic acids is 3. The number of piperidine rings is 2. The molecule has 0 bridgehead atoms. The molecule has 1 unspecified atom stereocenters. The van der Waals surface area contributed by atoms with Gasteiger partial charge in [-0.25, -0.2) is 4.79 Å². The fourth-order valence-corrected chi connectivity index (χ4v) is 5.31. The first-order valence-electron chi connectivity index (χ1n) is 13.0. The van der Waals surface area contributed by atoms with Gasteiger partial charge in [-0.2, -0.15) is 0 Å². The molecule has 0 aliphatic carbocycles. The van der Waals surface area contributed by atoms with E-state index in [9.17, 15) is 14.4 Å². The van der Waals surface area contributed by atoms with Crippen LogP contribution < -0.4 is 5.32 Å². The van der Waals surface area contributed by atoms with Crippen LogP contribution in [0, 0.1) is 19.8 Å². The third-order valence-electron chi connectivity index (χ3n) is 7.52. The van der Waals surface area contributed by atoms with Crippen LogP contribution in [-0.4, -0.2) is 77.9 Å². The van der Waals surface area contributed by atoms with Crippen LogP contribution in [0.3, 0.4) is 0 Å². The Kier molecular flexibility index (Phi) is 9.56. The predicted molar refractivity (Wildman–Crippen MR) is 132 cm³/mol. The molecule has 1 atom stereocenters. The number of esters is 1. The van der Waals surface area contributed by atoms with Gasteiger partial charge in [-0.15, -0.1) is 0 Å². The van der Waals surface area contributed by atoms with Gasteiger partial charge in [0.25, 0.3) is 0 Å². The summed E-state index contributed by atoms with van der Waals surface area (Å²) in [6.45, 7) is 12.2. The summed E-state index contributed by atoms with van der Waals surface area (Å²) in [6.07, 6.45) is 6.21. The number of aryl methyl sites for hydroxylation is 1. The maximum Gasteiger partial charge on any atom is 0.355 e. The molecule has 34 heavy (non-hydrogen) atoms. The lowest BCUT2D eigenvalue weighted by Gasteiger charge is -2.34. The van der Waals surface area contributed by atoms with E-state index < -0.39 is 0 Å². The van der Waals surface area contributed by atoms with E-state index >= 15 is 0 Å². The molecular formula is C26H42N4O4. The van der Waals surface area contributed by atoms with E-state index in [4.69, 9.17) is 4.74 Å². The van der Waals surface area contributed by atoms with Gasteiger partial charge >= 0.3 is 5.97 Å². The minimum atomic E-state index is -0.355. The first-order valence-corrected chi connectivity index (χ1v) is 13.0. The monoisotopic (exact) mass is 474 g/mol. The molecule has 8 heteroatoms. The number of H-pyrrole nitrogens is 1. The molecule has 2 aliphatic rings. The van der Waals surface area contributed by atoms with Crippen molar-refractivity contribution >= 4 is 17.8 Å². The second-order valence-electron chi connectivity index (χ2n) is 9.78. The summed E-state index contributed by atoms with van der Waals surface area (Å²) in [7, 11) is 0. The number of amides is 2. The van der Waals surface area contributed by atoms with Crippen LogP contribution in [0.1, 0.15) is 79.7 Å². The van der Waals surface area contributed by atoms with Crippen LogP contribution >= 0.6 is 0 Å². The summed E-state index contributed by atoms with van der Waals surface area (Å²) < 4.78 is 5.11. The van der Waals surface area contributed by atoms with Gasteiger partial charge in [-0.1, -0.05) is 6.42 Å². The van der Waals surface area contributed by atoms with E-state index in [0.717, 1.165) is 29.9 Å². The van der Waals surface area contributed by atoms with Gasteiger partial charge in [0.05, 0.1) is 6.61 Å². The number of nitrogens with zero attached hydrogens (tertiary/aromatic N) is 2. The fraction of sp³-hybridized carbons (Fsp3) is 0.731. The van der Waals surface area contributed by atoms with Crippen molar-refractivity contribution in [2.45, 2.75) is 78.7 Å². The van der Waals surface area contributed by atoms with Gasteiger partial charge in [0, 0.05) is 50.3 Å². The molecule has 0 radical (unpaired) electrons. The summed E-state index contributed by atoms with van der Waals surface area (Å²) in [5.41, 5.74) is 3.25. The zero-order valence-corrected chi connectivity index (χ0v) is 21.4. The first kappa shape index (κ1) is 26.3. The number of aromatic nitrogens is 1. The minimum Gasteiger partial charge on any atom is -0.461 e. The third kappa shape index (κ3) is 6.62. The van der Waals surface area contributed by atoms with E-state index in [2.05, 4.69) is 22.1 Å². The normalized spacial score (nSPS) is 19.8. The highest BCUT2D eigenvalue weighted by Gasteiger charge is 2.28. The Balaban J connectivity index is 1.40. The van der Waals surface area contributed by atoms with E-state index in [-0.39, 0.29) is 23.7 Å². The number of carbonyl (C=O) groups is 3. The summed E-state index contributed by atoms with van der Waals surface area (Å²) in [5.74, 6) is -0.131. The summed E-state index contributed by atoms with van der Waals surface area (Å²) in [5, 5.41) is 3.12. The highest BCUT2D eigenvalue weighted by Crippen LogP contribution is 2.23. The van der Waals surface area contributed by atoms with E-state index in [0.29, 0.717) is 63.7 Å². The second kappa shape index (κ2) is 12.4. The zero-order chi connectivity index (χ0) is 24.7. The van der Waals surface area contributed by atoms with E-state index in [1.54, 1.807) is 6.92 Å². The third-order valence-corrected chi connectivity index (χ3v) is 7.52. The SMILES string of the molecule is CCOC(=O)c1[nH]c(C)c(CCC(=O)N2CCC(C(=O)NCCN3CCCCC3C)CC2)c1C. The van der Waals surface area contributed by atoms with Gasteiger partial charge in [0.1, 0.15) is 5.69 Å². The van der Waals surface area contributed by atoms with Crippen molar-refractivity contribution < 1.29 is 19.1 Å². The number of hydrogen-bond acceptors (Lipinski definition) is 5. The Morgan fingerprint density at radius 3 is 2.50 bits per heavy atom. The number of rotatable bonds is 9. The van der Waals surface area contributed by atoms with Crippen LogP contribution in [-0.2, 0) is 20.7 Å². The smallest absolute Gasteiger partial charge is 0.355 e. The van der Waals surface area contributed by atoms with Crippen molar-refractivity contribution in [2.24, 2.45) is 5.92 Å². The van der Waals surface area contributed by atoms with Crippen LogP contribution in [0.2, 0.25) is 0 Å². The van der Waals surface area contributed by atoms with E-state index in [1.807, 2.05) is 18.7 Å². The van der Waals surface area contributed by atoms with Crippen molar-refractivity contribution in [1.82, 2.24) is 20.1 Å². The number of aromatic amines is 1. The Bertz CT molecular complexity index is 857. The summed E-state index contributed by atoms with van der Waals surface area (Å²) >= 11 is 0. The lowest BCUT2D eigenvalue weighted by Crippen LogP contribution is -2.46. The van der Waals surface area contributed by atoms with E-state index in [1.165, 1.54) is 19.3 Å². The van der Waals surface area contributed by atoms with Gasteiger partial charge in [0.15, 0.2) is 0 Å². The second-order valence-corrected chi connectivity index (χ2v) is 9.78. The van der Waals surface area contributed by atoms with Crippen LogP contribution in [0.25, 0.3) is 0 Å². The molecule has 2 saturated heterocycles. The Morgan fingerprint density at radius 1 is 1.09 bits per heavy atom. The molecular weight excluding hydrogens is 432 g/mol. The van der Waals surface area contributed by atoms with Crippen LogP contribution in [0.5, 0.6) is 0 Å². The Labute approximate surface area is 203 Å². The molecule has 2 fully saturated rings.